The van der Waals surface area contributed by atoms with Gasteiger partial charge in [0.25, 0.3) is 0 Å². The second-order valence-electron chi connectivity index (χ2n) is 3.27. The second-order valence-corrected chi connectivity index (χ2v) is 3.65. The van der Waals surface area contributed by atoms with Crippen molar-refractivity contribution in [2.45, 2.75) is 13.3 Å². The Morgan fingerprint density at radius 2 is 2.20 bits per heavy atom. The lowest BCUT2D eigenvalue weighted by molar-refractivity contribution is 0.964. The third-order valence-electron chi connectivity index (χ3n) is 1.97. The smallest absolute Gasteiger partial charge is 0.133 e. The Morgan fingerprint density at radius 3 is 2.87 bits per heavy atom. The van der Waals surface area contributed by atoms with Gasteiger partial charge in [0.15, 0.2) is 0 Å². The van der Waals surface area contributed by atoms with E-state index in [0.29, 0.717) is 11.0 Å². The van der Waals surface area contributed by atoms with Crippen LogP contribution in [-0.2, 0) is 6.42 Å². The Hall–Kier alpha value is -1.48. The van der Waals surface area contributed by atoms with E-state index in [-0.39, 0.29) is 0 Å². The molecule has 0 aliphatic rings. The maximum Gasteiger partial charge on any atom is 0.133 e. The van der Waals surface area contributed by atoms with E-state index >= 15 is 0 Å². The summed E-state index contributed by atoms with van der Waals surface area (Å²) < 4.78 is 0. The monoisotopic (exact) mass is 219 g/mol. The van der Waals surface area contributed by atoms with Crippen LogP contribution in [0.25, 0.3) is 0 Å². The molecule has 0 spiro atoms. The van der Waals surface area contributed by atoms with Crippen LogP contribution in [0.15, 0.2) is 30.6 Å². The number of hydrogen-bond acceptors (Lipinski definition) is 3. The van der Waals surface area contributed by atoms with E-state index in [1.54, 1.807) is 12.3 Å². The highest BCUT2D eigenvalue weighted by Gasteiger charge is 2.01. The molecular formula is C11H10ClN3. The number of nitrogens with zero attached hydrogens (tertiary/aromatic N) is 3. The summed E-state index contributed by atoms with van der Waals surface area (Å²) in [5.41, 5.74) is 2.03. The van der Waals surface area contributed by atoms with E-state index in [0.717, 1.165) is 17.7 Å². The first kappa shape index (κ1) is 10.1. The molecule has 0 saturated carbocycles. The van der Waals surface area contributed by atoms with Crippen molar-refractivity contribution in [2.24, 2.45) is 0 Å². The van der Waals surface area contributed by atoms with Gasteiger partial charge in [0, 0.05) is 18.8 Å². The van der Waals surface area contributed by atoms with Gasteiger partial charge in [-0.2, -0.15) is 0 Å². The van der Waals surface area contributed by atoms with Gasteiger partial charge in [-0.25, -0.2) is 9.97 Å². The van der Waals surface area contributed by atoms with Crippen molar-refractivity contribution >= 4 is 11.6 Å². The molecule has 76 valence electrons. The van der Waals surface area contributed by atoms with Crippen molar-refractivity contribution in [3.63, 3.8) is 0 Å². The molecule has 2 aromatic heterocycles. The molecule has 2 heterocycles. The molecule has 4 heteroatoms. The summed E-state index contributed by atoms with van der Waals surface area (Å²) in [6.45, 7) is 1.83. The molecule has 0 amide bonds. The van der Waals surface area contributed by atoms with Crippen LogP contribution in [0.1, 0.15) is 17.1 Å². The molecule has 0 bridgehead atoms. The number of halogens is 1. The van der Waals surface area contributed by atoms with Crippen LogP contribution in [0.2, 0.25) is 5.15 Å². The van der Waals surface area contributed by atoms with Crippen LogP contribution in [0.4, 0.5) is 0 Å². The quantitative estimate of drug-likeness (QED) is 0.729. The normalized spacial score (nSPS) is 10.3. The predicted octanol–water partition coefficient (Wildman–Crippen LogP) is 2.42. The predicted molar refractivity (Wildman–Crippen MR) is 58.8 cm³/mol. The number of rotatable bonds is 2. The molecule has 0 radical (unpaired) electrons. The van der Waals surface area contributed by atoms with E-state index in [9.17, 15) is 0 Å². The average Bonchev–Trinajstić information content (AvgIpc) is 2.17. The molecule has 0 aliphatic carbocycles. The summed E-state index contributed by atoms with van der Waals surface area (Å²) in [7, 11) is 0. The highest BCUT2D eigenvalue weighted by molar-refractivity contribution is 6.29. The van der Waals surface area contributed by atoms with Crippen LogP contribution in [0, 0.1) is 6.92 Å². The zero-order valence-electron chi connectivity index (χ0n) is 8.31. The highest BCUT2D eigenvalue weighted by atomic mass is 35.5. The molecule has 0 N–H and O–H groups in total. The zero-order valence-corrected chi connectivity index (χ0v) is 9.07. The van der Waals surface area contributed by atoms with Crippen LogP contribution in [-0.4, -0.2) is 15.0 Å². The maximum atomic E-state index is 5.85. The summed E-state index contributed by atoms with van der Waals surface area (Å²) in [4.78, 5) is 12.4. The molecule has 0 atom stereocenters. The molecule has 0 fully saturated rings. The molecule has 3 nitrogen and oxygen atoms in total. The SMILES string of the molecule is Cc1nc(Cl)cc(Cc2cccnc2)n1. The fraction of sp³-hybridized carbons (Fsp3) is 0.182. The summed E-state index contributed by atoms with van der Waals surface area (Å²) in [6.07, 6.45) is 4.31. The number of aromatic nitrogens is 3. The number of aryl methyl sites for hydroxylation is 1. The Labute approximate surface area is 93.2 Å². The average molecular weight is 220 g/mol. The Balaban J connectivity index is 2.25. The first-order valence-electron chi connectivity index (χ1n) is 4.63. The van der Waals surface area contributed by atoms with Crippen molar-refractivity contribution < 1.29 is 0 Å². The molecule has 0 aromatic carbocycles. The lowest BCUT2D eigenvalue weighted by Crippen LogP contribution is -1.97. The largest absolute Gasteiger partial charge is 0.264 e. The fourth-order valence-electron chi connectivity index (χ4n) is 1.39. The van der Waals surface area contributed by atoms with Crippen molar-refractivity contribution in [1.29, 1.82) is 0 Å². The standard InChI is InChI=1S/C11H10ClN3/c1-8-14-10(6-11(12)15-8)5-9-3-2-4-13-7-9/h2-4,6-7H,5H2,1H3. The van der Waals surface area contributed by atoms with Gasteiger partial charge < -0.3 is 0 Å². The molecule has 2 rings (SSSR count). The minimum absolute atomic E-state index is 0.487. The molecular weight excluding hydrogens is 210 g/mol. The lowest BCUT2D eigenvalue weighted by Gasteiger charge is -2.02. The summed E-state index contributed by atoms with van der Waals surface area (Å²) in [5.74, 6) is 0.696. The van der Waals surface area contributed by atoms with E-state index in [2.05, 4.69) is 15.0 Å². The maximum absolute atomic E-state index is 5.85. The summed E-state index contributed by atoms with van der Waals surface area (Å²) in [6, 6.07) is 5.70. The van der Waals surface area contributed by atoms with Crippen molar-refractivity contribution in [2.75, 3.05) is 0 Å². The van der Waals surface area contributed by atoms with Crippen molar-refractivity contribution in [3.8, 4) is 0 Å². The minimum atomic E-state index is 0.487. The van der Waals surface area contributed by atoms with Crippen molar-refractivity contribution in [1.82, 2.24) is 15.0 Å². The molecule has 15 heavy (non-hydrogen) atoms. The van der Waals surface area contributed by atoms with Crippen LogP contribution in [0.3, 0.4) is 0 Å². The van der Waals surface area contributed by atoms with Gasteiger partial charge >= 0.3 is 0 Å². The summed E-state index contributed by atoms with van der Waals surface area (Å²) in [5, 5.41) is 0.487. The topological polar surface area (TPSA) is 38.7 Å². The van der Waals surface area contributed by atoms with E-state index < -0.39 is 0 Å². The zero-order chi connectivity index (χ0) is 10.7. The van der Waals surface area contributed by atoms with Crippen LogP contribution >= 0.6 is 11.6 Å². The van der Waals surface area contributed by atoms with Crippen molar-refractivity contribution in [3.05, 3.63) is 52.8 Å². The Morgan fingerprint density at radius 1 is 1.33 bits per heavy atom. The number of pyridine rings is 1. The molecule has 2 aromatic rings. The number of hydrogen-bond donors (Lipinski definition) is 0. The van der Waals surface area contributed by atoms with Gasteiger partial charge in [0.2, 0.25) is 0 Å². The lowest BCUT2D eigenvalue weighted by atomic mass is 10.1. The van der Waals surface area contributed by atoms with Gasteiger partial charge in [-0.05, 0) is 24.6 Å². The highest BCUT2D eigenvalue weighted by Crippen LogP contribution is 2.10. The van der Waals surface area contributed by atoms with Gasteiger partial charge in [0.1, 0.15) is 11.0 Å². The van der Waals surface area contributed by atoms with Crippen LogP contribution in [0.5, 0.6) is 0 Å². The van der Waals surface area contributed by atoms with Gasteiger partial charge in [-0.15, -0.1) is 0 Å². The molecule has 0 aliphatic heterocycles. The third-order valence-corrected chi connectivity index (χ3v) is 2.16. The molecule has 0 unspecified atom stereocenters. The first-order chi connectivity index (χ1) is 7.24. The Bertz CT molecular complexity index is 436. The van der Waals surface area contributed by atoms with E-state index in [1.807, 2.05) is 25.3 Å². The second kappa shape index (κ2) is 4.36. The van der Waals surface area contributed by atoms with Gasteiger partial charge in [-0.1, -0.05) is 17.7 Å². The van der Waals surface area contributed by atoms with E-state index in [4.69, 9.17) is 11.6 Å². The van der Waals surface area contributed by atoms with Gasteiger partial charge in [-0.3, -0.25) is 4.98 Å². The van der Waals surface area contributed by atoms with Gasteiger partial charge in [0.05, 0.1) is 5.69 Å². The summed E-state index contributed by atoms with van der Waals surface area (Å²) >= 11 is 5.85. The Kier molecular flexibility index (Phi) is 2.92. The first-order valence-corrected chi connectivity index (χ1v) is 5.01. The fourth-order valence-corrected chi connectivity index (χ4v) is 1.64. The van der Waals surface area contributed by atoms with E-state index in [1.165, 1.54) is 0 Å². The van der Waals surface area contributed by atoms with Crippen LogP contribution < -0.4 is 0 Å². The molecule has 0 saturated heterocycles. The minimum Gasteiger partial charge on any atom is -0.264 e. The third kappa shape index (κ3) is 2.73.